The molecule has 2 aliphatic heterocycles. The van der Waals surface area contributed by atoms with Crippen molar-refractivity contribution < 1.29 is 29.4 Å². The van der Waals surface area contributed by atoms with E-state index in [9.17, 15) is 29.4 Å². The third-order valence-electron chi connectivity index (χ3n) is 3.45. The minimum absolute atomic E-state index is 0.0304. The lowest BCUT2D eigenvalue weighted by atomic mass is 10.0. The number of fused-ring (bicyclic) bond motifs is 1. The Kier molecular flexibility index (Phi) is 4.74. The number of nitrogens with one attached hydrogen (secondary N) is 1. The summed E-state index contributed by atoms with van der Waals surface area (Å²) in [5, 5.41) is 23.4. The average molecular weight is 326 g/mol. The summed E-state index contributed by atoms with van der Waals surface area (Å²) in [5.41, 5.74) is 0.421. The molecule has 8 nitrogen and oxygen atoms in total. The van der Waals surface area contributed by atoms with E-state index in [1.807, 2.05) is 0 Å². The highest BCUT2D eigenvalue weighted by Crippen LogP contribution is 2.39. The van der Waals surface area contributed by atoms with Crippen molar-refractivity contribution in [2.75, 3.05) is 5.75 Å². The molecule has 2 atom stereocenters. The van der Waals surface area contributed by atoms with Gasteiger partial charge in [-0.15, -0.1) is 11.8 Å². The molecule has 2 rings (SSSR count). The molecule has 0 aromatic carbocycles. The van der Waals surface area contributed by atoms with E-state index in [0.29, 0.717) is 11.3 Å². The number of carbonyl (C=O) groups is 4. The van der Waals surface area contributed by atoms with E-state index in [4.69, 9.17) is 0 Å². The van der Waals surface area contributed by atoms with Crippen molar-refractivity contribution in [2.45, 2.75) is 37.6 Å². The zero-order valence-corrected chi connectivity index (χ0v) is 12.6. The van der Waals surface area contributed by atoms with Crippen LogP contribution in [-0.4, -0.2) is 45.8 Å². The maximum absolute atomic E-state index is 12.0. The normalized spacial score (nSPS) is 23.7. The van der Waals surface area contributed by atoms with E-state index < -0.39 is 35.2 Å². The predicted octanol–water partition coefficient (Wildman–Crippen LogP) is -2.67. The molecule has 0 saturated carbocycles. The first-order chi connectivity index (χ1) is 10.3. The van der Waals surface area contributed by atoms with Crippen LogP contribution in [0.3, 0.4) is 0 Å². The Morgan fingerprint density at radius 2 is 2.00 bits per heavy atom. The van der Waals surface area contributed by atoms with Gasteiger partial charge < -0.3 is 25.1 Å². The SMILES string of the molecule is CC1=C(C(=O)[O-])N2C(=O)[C@H](NC(=O)CCCC(=O)[O-])[C@H]2SC1. The summed E-state index contributed by atoms with van der Waals surface area (Å²) in [7, 11) is 0. The number of thioether (sulfide) groups is 1. The fraction of sp³-hybridized carbons (Fsp3) is 0.538. The lowest BCUT2D eigenvalue weighted by Crippen LogP contribution is -2.71. The van der Waals surface area contributed by atoms with E-state index in [2.05, 4.69) is 5.32 Å². The minimum Gasteiger partial charge on any atom is -0.550 e. The topological polar surface area (TPSA) is 130 Å². The molecule has 0 bridgehead atoms. The number of hydrogen-bond donors (Lipinski definition) is 1. The second kappa shape index (κ2) is 6.39. The van der Waals surface area contributed by atoms with Crippen molar-refractivity contribution in [1.82, 2.24) is 10.2 Å². The molecular formula is C13H14N2O6S-2. The number of carboxylic acid groups (broad SMARTS) is 2. The monoisotopic (exact) mass is 326 g/mol. The molecule has 2 aliphatic rings. The van der Waals surface area contributed by atoms with Crippen LogP contribution in [0, 0.1) is 0 Å². The molecule has 0 spiro atoms. The van der Waals surface area contributed by atoms with E-state index in [1.54, 1.807) is 6.92 Å². The van der Waals surface area contributed by atoms with Crippen LogP contribution < -0.4 is 15.5 Å². The molecule has 1 N–H and O–H groups in total. The summed E-state index contributed by atoms with van der Waals surface area (Å²) in [6, 6.07) is -0.789. The molecule has 22 heavy (non-hydrogen) atoms. The molecule has 0 unspecified atom stereocenters. The first kappa shape index (κ1) is 16.3. The Morgan fingerprint density at radius 3 is 2.59 bits per heavy atom. The summed E-state index contributed by atoms with van der Waals surface area (Å²) in [5.74, 6) is -3.14. The standard InChI is InChI=1S/C13H16N2O6S/c1-6-5-22-12-9(11(19)15(12)10(6)13(20)21)14-7(16)3-2-4-8(17)18/h9,12H,2-5H2,1H3,(H,14,16)(H,17,18)(H,20,21)/p-2/t9-,12+/m0/s1. The number of hydrogen-bond acceptors (Lipinski definition) is 7. The van der Waals surface area contributed by atoms with Crippen molar-refractivity contribution in [1.29, 1.82) is 0 Å². The smallest absolute Gasteiger partial charge is 0.253 e. The second-order valence-corrected chi connectivity index (χ2v) is 6.20. The van der Waals surface area contributed by atoms with Crippen molar-refractivity contribution in [3.63, 3.8) is 0 Å². The number of carboxylic acids is 2. The van der Waals surface area contributed by atoms with Crippen molar-refractivity contribution in [3.8, 4) is 0 Å². The lowest BCUT2D eigenvalue weighted by molar-refractivity contribution is -0.306. The van der Waals surface area contributed by atoms with Gasteiger partial charge in [0.25, 0.3) is 5.91 Å². The minimum atomic E-state index is -1.41. The van der Waals surface area contributed by atoms with Crippen LogP contribution in [-0.2, 0) is 19.2 Å². The summed E-state index contributed by atoms with van der Waals surface area (Å²) >= 11 is 1.36. The molecular weight excluding hydrogens is 312 g/mol. The van der Waals surface area contributed by atoms with Crippen LogP contribution in [0.4, 0.5) is 0 Å². The summed E-state index contributed by atoms with van der Waals surface area (Å²) in [6.07, 6.45) is -0.135. The van der Waals surface area contributed by atoms with Gasteiger partial charge in [0.2, 0.25) is 5.91 Å². The Bertz CT molecular complexity index is 573. The molecule has 120 valence electrons. The summed E-state index contributed by atoms with van der Waals surface area (Å²) in [4.78, 5) is 46.2. The van der Waals surface area contributed by atoms with Crippen LogP contribution in [0.1, 0.15) is 26.2 Å². The van der Waals surface area contributed by atoms with Gasteiger partial charge in [0.05, 0.1) is 11.7 Å². The van der Waals surface area contributed by atoms with Gasteiger partial charge in [0.1, 0.15) is 11.4 Å². The molecule has 0 aromatic rings. The van der Waals surface area contributed by atoms with Crippen LogP contribution in [0.25, 0.3) is 0 Å². The Labute approximate surface area is 130 Å². The number of β-lactam (4-membered cyclic amide) rings is 1. The highest BCUT2D eigenvalue weighted by molar-refractivity contribution is 8.00. The van der Waals surface area contributed by atoms with Gasteiger partial charge in [-0.1, -0.05) is 0 Å². The Morgan fingerprint density at radius 1 is 1.32 bits per heavy atom. The Hall–Kier alpha value is -2.03. The molecule has 0 radical (unpaired) electrons. The third-order valence-corrected chi connectivity index (χ3v) is 4.88. The molecule has 2 heterocycles. The number of amides is 2. The maximum Gasteiger partial charge on any atom is 0.253 e. The summed E-state index contributed by atoms with van der Waals surface area (Å²) in [6.45, 7) is 1.62. The zero-order valence-electron chi connectivity index (χ0n) is 11.8. The molecule has 9 heteroatoms. The van der Waals surface area contributed by atoms with Crippen LogP contribution >= 0.6 is 11.8 Å². The fourth-order valence-electron chi connectivity index (χ4n) is 2.40. The first-order valence-corrected chi connectivity index (χ1v) is 7.72. The molecule has 2 amide bonds. The first-order valence-electron chi connectivity index (χ1n) is 6.68. The Balaban J connectivity index is 1.94. The van der Waals surface area contributed by atoms with Gasteiger partial charge in [-0.3, -0.25) is 14.5 Å². The van der Waals surface area contributed by atoms with E-state index in [0.717, 1.165) is 4.90 Å². The van der Waals surface area contributed by atoms with Crippen molar-refractivity contribution in [2.24, 2.45) is 0 Å². The van der Waals surface area contributed by atoms with Crippen LogP contribution in [0.2, 0.25) is 0 Å². The third kappa shape index (κ3) is 3.08. The van der Waals surface area contributed by atoms with E-state index >= 15 is 0 Å². The average Bonchev–Trinajstić information content (AvgIpc) is 2.43. The maximum atomic E-state index is 12.0. The van der Waals surface area contributed by atoms with Crippen LogP contribution in [0.5, 0.6) is 0 Å². The fourth-order valence-corrected chi connectivity index (χ4v) is 3.69. The van der Waals surface area contributed by atoms with Crippen molar-refractivity contribution in [3.05, 3.63) is 11.3 Å². The zero-order chi connectivity index (χ0) is 16.4. The van der Waals surface area contributed by atoms with E-state index in [-0.39, 0.29) is 25.0 Å². The number of rotatable bonds is 6. The second-order valence-electron chi connectivity index (χ2n) is 5.10. The predicted molar refractivity (Wildman–Crippen MR) is 71.6 cm³/mol. The number of aliphatic carboxylic acids is 2. The van der Waals surface area contributed by atoms with Gasteiger partial charge in [0.15, 0.2) is 0 Å². The van der Waals surface area contributed by atoms with Gasteiger partial charge in [-0.25, -0.2) is 0 Å². The number of nitrogens with zero attached hydrogens (tertiary/aromatic N) is 1. The van der Waals surface area contributed by atoms with Crippen molar-refractivity contribution >= 4 is 35.5 Å². The highest BCUT2D eigenvalue weighted by atomic mass is 32.2. The molecule has 1 fully saturated rings. The van der Waals surface area contributed by atoms with Gasteiger partial charge >= 0.3 is 0 Å². The molecule has 0 aromatic heterocycles. The molecule has 0 aliphatic carbocycles. The lowest BCUT2D eigenvalue weighted by Gasteiger charge is -2.50. The molecule has 1 saturated heterocycles. The highest BCUT2D eigenvalue weighted by Gasteiger charge is 2.52. The van der Waals surface area contributed by atoms with Gasteiger partial charge in [0, 0.05) is 18.1 Å². The van der Waals surface area contributed by atoms with E-state index in [1.165, 1.54) is 11.8 Å². The van der Waals surface area contributed by atoms with Gasteiger partial charge in [-0.05, 0) is 25.3 Å². The largest absolute Gasteiger partial charge is 0.550 e. The number of carbonyl (C=O) groups excluding carboxylic acids is 4. The quantitative estimate of drug-likeness (QED) is 0.527. The van der Waals surface area contributed by atoms with Crippen LogP contribution in [0.15, 0.2) is 11.3 Å². The van der Waals surface area contributed by atoms with Gasteiger partial charge in [-0.2, -0.15) is 0 Å². The summed E-state index contributed by atoms with van der Waals surface area (Å²) < 4.78 is 0.